The zero-order chi connectivity index (χ0) is 15.6. The molecule has 0 amide bonds. The van der Waals surface area contributed by atoms with E-state index in [-0.39, 0.29) is 16.3 Å². The Kier molecular flexibility index (Phi) is 4.65. The van der Waals surface area contributed by atoms with Crippen LogP contribution in [0.15, 0.2) is 40.9 Å². The third kappa shape index (κ3) is 3.25. The van der Waals surface area contributed by atoms with Crippen LogP contribution >= 0.6 is 27.5 Å². The molecular weight excluding hydrogens is 360 g/mol. The van der Waals surface area contributed by atoms with Crippen molar-refractivity contribution in [3.8, 4) is 5.75 Å². The van der Waals surface area contributed by atoms with Crippen LogP contribution in [0.2, 0.25) is 5.02 Å². The van der Waals surface area contributed by atoms with Crippen LogP contribution in [-0.4, -0.2) is 17.0 Å². The number of carboxylic acids is 1. The number of carbonyl (C=O) groups excluding carboxylic acids is 1. The highest BCUT2D eigenvalue weighted by Crippen LogP contribution is 2.37. The number of ether oxygens (including phenoxy) is 1. The number of benzene rings is 2. The number of carbonyl (C=O) groups is 2. The summed E-state index contributed by atoms with van der Waals surface area (Å²) < 4.78 is 5.72. The van der Waals surface area contributed by atoms with Crippen molar-refractivity contribution >= 4 is 39.5 Å². The average molecular weight is 370 g/mol. The zero-order valence-corrected chi connectivity index (χ0v) is 13.2. The molecule has 6 heteroatoms. The molecule has 0 atom stereocenters. The topological polar surface area (TPSA) is 63.6 Å². The summed E-state index contributed by atoms with van der Waals surface area (Å²) in [6.07, 6.45) is 0. The predicted octanol–water partition coefficient (Wildman–Crippen LogP) is 4.33. The number of hydrogen-bond donors (Lipinski definition) is 1. The van der Waals surface area contributed by atoms with E-state index in [4.69, 9.17) is 16.3 Å². The van der Waals surface area contributed by atoms with Crippen molar-refractivity contribution in [2.24, 2.45) is 0 Å². The maximum atomic E-state index is 12.1. The lowest BCUT2D eigenvalue weighted by Gasteiger charge is -2.12. The second-order valence-corrected chi connectivity index (χ2v) is 5.47. The molecule has 0 fully saturated rings. The maximum absolute atomic E-state index is 12.1. The van der Waals surface area contributed by atoms with Crippen molar-refractivity contribution in [1.82, 2.24) is 0 Å². The van der Waals surface area contributed by atoms with E-state index in [0.29, 0.717) is 15.6 Å². The summed E-state index contributed by atoms with van der Waals surface area (Å²) in [4.78, 5) is 23.3. The zero-order valence-electron chi connectivity index (χ0n) is 10.9. The lowest BCUT2D eigenvalue weighted by atomic mass is 10.1. The molecule has 0 aliphatic rings. The van der Waals surface area contributed by atoms with E-state index in [1.54, 1.807) is 37.3 Å². The van der Waals surface area contributed by atoms with Crippen LogP contribution < -0.4 is 4.74 Å². The first-order chi connectivity index (χ1) is 9.91. The molecule has 0 aliphatic heterocycles. The Morgan fingerprint density at radius 2 is 1.86 bits per heavy atom. The number of carboxylic acid groups (broad SMARTS) is 1. The molecule has 0 aliphatic carbocycles. The van der Waals surface area contributed by atoms with Crippen LogP contribution in [0.25, 0.3) is 0 Å². The summed E-state index contributed by atoms with van der Waals surface area (Å²) >= 11 is 9.33. The van der Waals surface area contributed by atoms with Gasteiger partial charge in [0.15, 0.2) is 5.75 Å². The predicted molar refractivity (Wildman–Crippen MR) is 82.2 cm³/mol. The number of esters is 1. The van der Waals surface area contributed by atoms with Crippen LogP contribution in [0.5, 0.6) is 5.75 Å². The van der Waals surface area contributed by atoms with Gasteiger partial charge >= 0.3 is 11.9 Å². The highest BCUT2D eigenvalue weighted by atomic mass is 79.9. The molecule has 4 nitrogen and oxygen atoms in total. The van der Waals surface area contributed by atoms with Crippen molar-refractivity contribution in [2.45, 2.75) is 6.92 Å². The second-order valence-electron chi connectivity index (χ2n) is 4.23. The van der Waals surface area contributed by atoms with Crippen LogP contribution in [0.1, 0.15) is 26.3 Å². The van der Waals surface area contributed by atoms with E-state index in [0.717, 1.165) is 0 Å². The summed E-state index contributed by atoms with van der Waals surface area (Å²) in [7, 11) is 0. The van der Waals surface area contributed by atoms with Gasteiger partial charge in [-0.15, -0.1) is 0 Å². The van der Waals surface area contributed by atoms with E-state index in [9.17, 15) is 14.7 Å². The lowest BCUT2D eigenvalue weighted by Crippen LogP contribution is -2.12. The highest BCUT2D eigenvalue weighted by Gasteiger charge is 2.22. The fraction of sp³-hybridized carbons (Fsp3) is 0.0667. The number of rotatable bonds is 3. The van der Waals surface area contributed by atoms with Gasteiger partial charge in [0, 0.05) is 4.47 Å². The van der Waals surface area contributed by atoms with E-state index in [1.807, 2.05) is 0 Å². The molecule has 0 heterocycles. The fourth-order valence-electron chi connectivity index (χ4n) is 1.68. The van der Waals surface area contributed by atoms with Gasteiger partial charge < -0.3 is 9.84 Å². The van der Waals surface area contributed by atoms with Gasteiger partial charge in [0.05, 0.1) is 10.6 Å². The van der Waals surface area contributed by atoms with Gasteiger partial charge in [-0.3, -0.25) is 0 Å². The number of aromatic carboxylic acids is 1. The molecule has 2 aromatic rings. The second kappa shape index (κ2) is 6.28. The molecule has 21 heavy (non-hydrogen) atoms. The first-order valence-corrected chi connectivity index (χ1v) is 7.08. The normalized spacial score (nSPS) is 10.2. The van der Waals surface area contributed by atoms with E-state index >= 15 is 0 Å². The van der Waals surface area contributed by atoms with Gasteiger partial charge in [-0.25, -0.2) is 9.59 Å². The van der Waals surface area contributed by atoms with Gasteiger partial charge in [-0.1, -0.05) is 45.7 Å². The van der Waals surface area contributed by atoms with E-state index < -0.39 is 11.9 Å². The first-order valence-electron chi connectivity index (χ1n) is 5.91. The Bertz CT molecular complexity index is 713. The summed E-state index contributed by atoms with van der Waals surface area (Å²) in [6.45, 7) is 1.69. The molecule has 0 bridgehead atoms. The standard InChI is InChI=1S/C15H10BrClO4/c1-8-11(16)7-10(14(18)19)13(12(8)17)21-15(20)9-5-3-2-4-6-9/h2-7H,1H3,(H,18,19). The van der Waals surface area contributed by atoms with Gasteiger partial charge in [0.2, 0.25) is 0 Å². The molecule has 0 spiro atoms. The van der Waals surface area contributed by atoms with E-state index in [1.165, 1.54) is 6.07 Å². The number of hydrogen-bond acceptors (Lipinski definition) is 3. The lowest BCUT2D eigenvalue weighted by molar-refractivity contribution is 0.0681. The Morgan fingerprint density at radius 3 is 2.43 bits per heavy atom. The molecular formula is C15H10BrClO4. The molecule has 0 saturated heterocycles. The highest BCUT2D eigenvalue weighted by molar-refractivity contribution is 9.10. The summed E-state index contributed by atoms with van der Waals surface area (Å²) in [5.74, 6) is -2.05. The first kappa shape index (κ1) is 15.5. The van der Waals surface area contributed by atoms with Crippen molar-refractivity contribution in [1.29, 1.82) is 0 Å². The van der Waals surface area contributed by atoms with Crippen molar-refractivity contribution in [2.75, 3.05) is 0 Å². The Morgan fingerprint density at radius 1 is 1.24 bits per heavy atom. The van der Waals surface area contributed by atoms with Gasteiger partial charge in [-0.05, 0) is 30.7 Å². The smallest absolute Gasteiger partial charge is 0.343 e. The van der Waals surface area contributed by atoms with Crippen LogP contribution in [0.3, 0.4) is 0 Å². The fourth-order valence-corrected chi connectivity index (χ4v) is 2.46. The van der Waals surface area contributed by atoms with Gasteiger partial charge in [-0.2, -0.15) is 0 Å². The molecule has 0 saturated carbocycles. The molecule has 0 aromatic heterocycles. The Labute approximate surface area is 134 Å². The number of halogens is 2. The van der Waals surface area contributed by atoms with Crippen molar-refractivity contribution in [3.63, 3.8) is 0 Å². The molecule has 0 unspecified atom stereocenters. The Balaban J connectivity index is 2.46. The third-order valence-corrected chi connectivity index (χ3v) is 4.12. The molecule has 0 radical (unpaired) electrons. The summed E-state index contributed by atoms with van der Waals surface area (Å²) in [5, 5.41) is 9.31. The minimum Gasteiger partial charge on any atom is -0.478 e. The van der Waals surface area contributed by atoms with Crippen molar-refractivity contribution < 1.29 is 19.4 Å². The minimum atomic E-state index is -1.23. The van der Waals surface area contributed by atoms with E-state index in [2.05, 4.69) is 15.9 Å². The average Bonchev–Trinajstić information content (AvgIpc) is 2.48. The third-order valence-electron chi connectivity index (χ3n) is 2.84. The largest absolute Gasteiger partial charge is 0.478 e. The van der Waals surface area contributed by atoms with Crippen molar-refractivity contribution in [3.05, 3.63) is 62.6 Å². The maximum Gasteiger partial charge on any atom is 0.343 e. The van der Waals surface area contributed by atoms with Gasteiger partial charge in [0.25, 0.3) is 0 Å². The van der Waals surface area contributed by atoms with Gasteiger partial charge in [0.1, 0.15) is 5.56 Å². The van der Waals surface area contributed by atoms with Crippen LogP contribution in [0.4, 0.5) is 0 Å². The monoisotopic (exact) mass is 368 g/mol. The van der Waals surface area contributed by atoms with Crippen LogP contribution in [-0.2, 0) is 0 Å². The Hall–Kier alpha value is -1.85. The summed E-state index contributed by atoms with van der Waals surface area (Å²) in [5.41, 5.74) is 0.727. The minimum absolute atomic E-state index is 0.0889. The molecule has 2 rings (SSSR count). The van der Waals surface area contributed by atoms with Crippen LogP contribution in [0, 0.1) is 6.92 Å². The molecule has 2 aromatic carbocycles. The molecule has 1 N–H and O–H groups in total. The SMILES string of the molecule is Cc1c(Br)cc(C(=O)O)c(OC(=O)c2ccccc2)c1Cl. The molecule has 108 valence electrons. The summed E-state index contributed by atoms with van der Waals surface area (Å²) in [6, 6.07) is 9.63. The quantitative estimate of drug-likeness (QED) is 0.646.